The van der Waals surface area contributed by atoms with Crippen LogP contribution in [0, 0.1) is 0 Å². The van der Waals surface area contributed by atoms with Gasteiger partial charge in [0.05, 0.1) is 45.6 Å². The fraction of sp³-hybridized carbons (Fsp3) is 0.220. The Morgan fingerprint density at radius 2 is 0.587 bits per heavy atom. The second-order valence-corrected chi connectivity index (χ2v) is 29.1. The van der Waals surface area contributed by atoms with E-state index in [1.165, 1.54) is 22.3 Å². The number of hydrogen-bond donors (Lipinski definition) is 4. The van der Waals surface area contributed by atoms with Crippen molar-refractivity contribution < 1.29 is 9.47 Å². The highest BCUT2D eigenvalue weighted by Crippen LogP contribution is 2.45. The molecule has 0 unspecified atom stereocenters. The minimum Gasteiger partial charge on any atom is -0.490 e. The number of ether oxygens (including phenoxy) is 2. The molecule has 4 aromatic carbocycles. The van der Waals surface area contributed by atoms with Crippen LogP contribution in [0.15, 0.2) is 146 Å². The zero-order chi connectivity index (χ0) is 63.6. The minimum absolute atomic E-state index is 0.138. The van der Waals surface area contributed by atoms with E-state index >= 15 is 0 Å². The first kappa shape index (κ1) is 58.1. The molecule has 0 saturated carbocycles. The third-order valence-corrected chi connectivity index (χ3v) is 18.2. The van der Waals surface area contributed by atoms with Crippen molar-refractivity contribution in [1.82, 2.24) is 39.9 Å². The summed E-state index contributed by atoms with van der Waals surface area (Å²) >= 11 is 0. The first-order chi connectivity index (χ1) is 44.0. The Kier molecular flexibility index (Phi) is 13.7. The Hall–Kier alpha value is -10.3. The van der Waals surface area contributed by atoms with Crippen LogP contribution in [0.1, 0.15) is 151 Å². The normalized spacial score (nSPS) is 13.8. The van der Waals surface area contributed by atoms with E-state index in [0.717, 1.165) is 151 Å². The van der Waals surface area contributed by atoms with Gasteiger partial charge in [0.2, 0.25) is 0 Å². The Morgan fingerprint density at radius 3 is 0.957 bits per heavy atom. The van der Waals surface area contributed by atoms with E-state index in [2.05, 4.69) is 273 Å². The number of hydrogen-bond acceptors (Lipinski definition) is 6. The molecular formula is C82H76N8O2. The number of H-pyrrole nitrogens is 4. The van der Waals surface area contributed by atoms with E-state index in [0.29, 0.717) is 19.0 Å². The van der Waals surface area contributed by atoms with Gasteiger partial charge in [-0.05, 0) is 200 Å². The van der Waals surface area contributed by atoms with Gasteiger partial charge in [0.15, 0.2) is 0 Å². The third kappa shape index (κ3) is 10.9. The zero-order valence-corrected chi connectivity index (χ0v) is 54.5. The highest BCUT2D eigenvalue weighted by atomic mass is 16.5. The van der Waals surface area contributed by atoms with Crippen LogP contribution in [0.25, 0.3) is 148 Å². The number of benzene rings is 4. The van der Waals surface area contributed by atoms with Gasteiger partial charge in [0, 0.05) is 77.5 Å². The van der Waals surface area contributed by atoms with Crippen LogP contribution < -0.4 is 9.47 Å². The van der Waals surface area contributed by atoms with Gasteiger partial charge in [-0.25, -0.2) is 19.9 Å². The van der Waals surface area contributed by atoms with Crippen LogP contribution in [0.2, 0.25) is 0 Å². The average molecular weight is 1210 g/mol. The molecule has 0 aliphatic carbocycles. The lowest BCUT2D eigenvalue weighted by atomic mass is 9.78. The van der Waals surface area contributed by atoms with Gasteiger partial charge in [0.1, 0.15) is 24.7 Å². The van der Waals surface area contributed by atoms with Crippen LogP contribution in [-0.2, 0) is 21.7 Å². The van der Waals surface area contributed by atoms with Crippen molar-refractivity contribution in [2.24, 2.45) is 0 Å². The molecule has 0 saturated heterocycles. The minimum atomic E-state index is -0.138. The topological polar surface area (TPSA) is 133 Å². The lowest BCUT2D eigenvalue weighted by Crippen LogP contribution is -2.16. The molecule has 456 valence electrons. The SMILES string of the molecule is CC(C)(C)c1cc(-c2c3nc(c4c5ccc([nH]5)c(c5nc(cc6ccc2[nH]6)C=C5)-c2cccc(c2)OCCOc2cccc(c2)-c2c5nc(c-4c4ccc([nH]4)c(-c4cc(C(C)(C)C)cc(C(C)(C)C)c4)c4nc(cc6ccc2[nH]6)C=C4)C=C5)C=C3)cc(C(C)(C)C)c1. The van der Waals surface area contributed by atoms with Crippen LogP contribution >= 0.6 is 0 Å². The lowest BCUT2D eigenvalue weighted by Gasteiger charge is -2.26. The molecule has 10 nitrogen and oxygen atoms in total. The summed E-state index contributed by atoms with van der Waals surface area (Å²) in [6, 6.07) is 52.4. The quantitative estimate of drug-likeness (QED) is 0.136. The molecule has 24 bridgehead atoms. The Balaban J connectivity index is 1.15. The summed E-state index contributed by atoms with van der Waals surface area (Å²) < 4.78 is 13.1. The third-order valence-electron chi connectivity index (χ3n) is 18.2. The van der Waals surface area contributed by atoms with Crippen LogP contribution in [-0.4, -0.2) is 53.1 Å². The largest absolute Gasteiger partial charge is 0.490 e. The van der Waals surface area contributed by atoms with Gasteiger partial charge in [-0.2, -0.15) is 0 Å². The van der Waals surface area contributed by atoms with E-state index < -0.39 is 0 Å². The van der Waals surface area contributed by atoms with Crippen LogP contribution in [0.4, 0.5) is 0 Å². The number of fused-ring (bicyclic) bond motifs is 23. The molecule has 5 aliphatic rings. The van der Waals surface area contributed by atoms with Crippen molar-refractivity contribution >= 4 is 92.7 Å². The predicted molar refractivity (Wildman–Crippen MR) is 384 cm³/mol. The summed E-state index contributed by atoms with van der Waals surface area (Å²) in [5.41, 5.74) is 27.6. The number of aromatic nitrogens is 8. The van der Waals surface area contributed by atoms with Crippen molar-refractivity contribution in [1.29, 1.82) is 0 Å². The van der Waals surface area contributed by atoms with Gasteiger partial charge in [-0.15, -0.1) is 0 Å². The van der Waals surface area contributed by atoms with Gasteiger partial charge < -0.3 is 29.4 Å². The molecule has 5 aliphatic heterocycles. The van der Waals surface area contributed by atoms with Gasteiger partial charge in [-0.3, -0.25) is 0 Å². The summed E-state index contributed by atoms with van der Waals surface area (Å²) in [6.07, 6.45) is 17.2. The monoisotopic (exact) mass is 1200 g/mol. The van der Waals surface area contributed by atoms with Gasteiger partial charge in [0.25, 0.3) is 0 Å². The first-order valence-corrected chi connectivity index (χ1v) is 32.1. The molecule has 6 aromatic heterocycles. The van der Waals surface area contributed by atoms with Crippen molar-refractivity contribution in [2.45, 2.75) is 105 Å². The van der Waals surface area contributed by atoms with E-state index in [-0.39, 0.29) is 21.7 Å². The van der Waals surface area contributed by atoms with Crippen molar-refractivity contribution in [3.63, 3.8) is 0 Å². The fourth-order valence-corrected chi connectivity index (χ4v) is 13.1. The molecule has 4 N–H and O–H groups in total. The van der Waals surface area contributed by atoms with E-state index in [1.54, 1.807) is 0 Å². The summed E-state index contributed by atoms with van der Waals surface area (Å²) in [5.74, 6) is 1.43. The van der Waals surface area contributed by atoms with Crippen LogP contribution in [0.3, 0.4) is 0 Å². The van der Waals surface area contributed by atoms with E-state index in [4.69, 9.17) is 29.4 Å². The summed E-state index contributed by atoms with van der Waals surface area (Å²) in [5, 5.41) is 0. The molecule has 0 fully saturated rings. The maximum Gasteiger partial charge on any atom is 0.122 e. The summed E-state index contributed by atoms with van der Waals surface area (Å²) in [6.45, 7) is 28.2. The number of nitrogens with one attached hydrogen (secondary N) is 4. The van der Waals surface area contributed by atoms with E-state index in [9.17, 15) is 0 Å². The number of aromatic amines is 4. The average Bonchev–Trinajstić information content (AvgIpc) is 1.58. The molecule has 0 amide bonds. The smallest absolute Gasteiger partial charge is 0.122 e. The van der Waals surface area contributed by atoms with Crippen LogP contribution in [0.5, 0.6) is 11.5 Å². The molecule has 10 heteroatoms. The van der Waals surface area contributed by atoms with Gasteiger partial charge in [-0.1, -0.05) is 144 Å². The number of rotatable bonds is 2. The second kappa shape index (κ2) is 21.7. The van der Waals surface area contributed by atoms with Gasteiger partial charge >= 0.3 is 0 Å². The fourth-order valence-electron chi connectivity index (χ4n) is 13.1. The standard InChI is InChI=1S/C82H76N8O2/c1-79(2,3)51-37-49(38-52(43-51)80(4,5)6)75-63-25-21-57(85-63)45-55-19-23-61(83-55)73-47-15-13-17-59(41-47)91-35-36-92-60-18-14-16-48(42-60)74-62-24-20-56(84-62)46-58-22-26-64(86-58)76(50-39-53(81(7,8)9)44-54(40-50)82(10,11)12)68-30-34-72(90-68)78(70-32-28-66(74)88-70)77(69-31-27-65(73)87-69)71-33-29-67(75)89-71/h13-34,37-46,83,86,88-89H,35-36H2,1-12H3. The molecular weight excluding hydrogens is 1130 g/mol. The molecule has 11 heterocycles. The lowest BCUT2D eigenvalue weighted by molar-refractivity contribution is 0.217. The molecule has 0 spiro atoms. The molecule has 0 atom stereocenters. The predicted octanol–water partition coefficient (Wildman–Crippen LogP) is 20.9. The summed E-state index contributed by atoms with van der Waals surface area (Å²) in [7, 11) is 0. The van der Waals surface area contributed by atoms with Crippen molar-refractivity contribution in [3.05, 3.63) is 213 Å². The highest BCUT2D eigenvalue weighted by molar-refractivity contribution is 6.05. The molecule has 92 heavy (non-hydrogen) atoms. The first-order valence-electron chi connectivity index (χ1n) is 32.1. The maximum atomic E-state index is 6.54. The van der Waals surface area contributed by atoms with Crippen molar-refractivity contribution in [2.75, 3.05) is 13.2 Å². The molecule has 10 aromatic rings. The maximum absolute atomic E-state index is 6.54. The zero-order valence-electron chi connectivity index (χ0n) is 54.5. The molecule has 15 rings (SSSR count). The highest BCUT2D eigenvalue weighted by Gasteiger charge is 2.28. The number of nitrogens with zero attached hydrogens (tertiary/aromatic N) is 4. The Labute approximate surface area is 537 Å². The summed E-state index contributed by atoms with van der Waals surface area (Å²) in [4.78, 5) is 38.5. The Bertz CT molecular complexity index is 5060. The van der Waals surface area contributed by atoms with Crippen molar-refractivity contribution in [3.8, 4) is 67.1 Å². The Morgan fingerprint density at radius 1 is 0.283 bits per heavy atom. The second-order valence-electron chi connectivity index (χ2n) is 29.1. The molecule has 0 radical (unpaired) electrons. The van der Waals surface area contributed by atoms with E-state index in [1.807, 2.05) is 24.3 Å².